The quantitative estimate of drug-likeness (QED) is 0.567. The number of hydrogen-bond acceptors (Lipinski definition) is 6. The molecule has 2 aromatic heterocycles. The zero-order chi connectivity index (χ0) is 18.5. The van der Waals surface area contributed by atoms with Gasteiger partial charge in [-0.25, -0.2) is 0 Å². The number of allylic oxidation sites excluding steroid dienone is 1. The molecule has 2 heterocycles. The Hall–Kier alpha value is -3.17. The van der Waals surface area contributed by atoms with Gasteiger partial charge >= 0.3 is 0 Å². The van der Waals surface area contributed by atoms with Gasteiger partial charge in [-0.05, 0) is 42.0 Å². The van der Waals surface area contributed by atoms with Crippen LogP contribution in [0, 0.1) is 11.3 Å². The predicted octanol–water partition coefficient (Wildman–Crippen LogP) is 5.10. The third kappa shape index (κ3) is 3.44. The summed E-state index contributed by atoms with van der Waals surface area (Å²) >= 11 is 1.49. The molecule has 0 bridgehead atoms. The van der Waals surface area contributed by atoms with Crippen molar-refractivity contribution >= 4 is 23.0 Å². The molecule has 5 nitrogen and oxygen atoms in total. The Morgan fingerprint density at radius 2 is 1.85 bits per heavy atom. The number of thiophene rings is 1. The van der Waals surface area contributed by atoms with Gasteiger partial charge in [0, 0.05) is 15.8 Å². The largest absolute Gasteiger partial charge is 0.493 e. The molecule has 0 saturated heterocycles. The van der Waals surface area contributed by atoms with Crippen molar-refractivity contribution in [3.8, 4) is 34.6 Å². The minimum Gasteiger partial charge on any atom is -0.493 e. The highest BCUT2D eigenvalue weighted by Gasteiger charge is 2.14. The molecule has 0 aliphatic carbocycles. The van der Waals surface area contributed by atoms with E-state index in [-0.39, 0.29) is 0 Å². The molecule has 26 heavy (non-hydrogen) atoms. The molecule has 0 unspecified atom stereocenters. The van der Waals surface area contributed by atoms with Crippen molar-refractivity contribution in [1.82, 2.24) is 0 Å². The van der Waals surface area contributed by atoms with Crippen LogP contribution in [0.25, 0.3) is 23.0 Å². The molecular formula is C20H17NO4S. The van der Waals surface area contributed by atoms with E-state index in [1.807, 2.05) is 23.6 Å². The Morgan fingerprint density at radius 1 is 1.12 bits per heavy atom. The van der Waals surface area contributed by atoms with Crippen LogP contribution in [0.2, 0.25) is 0 Å². The molecule has 0 atom stereocenters. The Kier molecular flexibility index (Phi) is 5.30. The Morgan fingerprint density at radius 3 is 2.38 bits per heavy atom. The summed E-state index contributed by atoms with van der Waals surface area (Å²) in [6.07, 6.45) is 3.42. The molecule has 0 aliphatic heterocycles. The molecule has 0 fully saturated rings. The fourth-order valence-electron chi connectivity index (χ4n) is 2.56. The third-order valence-electron chi connectivity index (χ3n) is 3.79. The van der Waals surface area contributed by atoms with Gasteiger partial charge in [0.15, 0.2) is 11.5 Å². The lowest BCUT2D eigenvalue weighted by molar-refractivity contribution is 0.324. The van der Waals surface area contributed by atoms with E-state index in [0.717, 1.165) is 21.8 Å². The number of nitrogens with zero attached hydrogens (tertiary/aromatic N) is 1. The summed E-state index contributed by atoms with van der Waals surface area (Å²) in [7, 11) is 4.67. The maximum Gasteiger partial charge on any atom is 0.203 e. The Bertz CT molecular complexity index is 939. The van der Waals surface area contributed by atoms with Crippen molar-refractivity contribution < 1.29 is 18.6 Å². The third-order valence-corrected chi connectivity index (χ3v) is 4.75. The molecule has 0 aliphatic rings. The van der Waals surface area contributed by atoms with Crippen LogP contribution in [0.3, 0.4) is 0 Å². The average Bonchev–Trinajstić information content (AvgIpc) is 3.36. The summed E-state index contributed by atoms with van der Waals surface area (Å²) in [4.78, 5) is 0.854. The van der Waals surface area contributed by atoms with Gasteiger partial charge in [-0.2, -0.15) is 5.26 Å². The smallest absolute Gasteiger partial charge is 0.203 e. The van der Waals surface area contributed by atoms with Crippen molar-refractivity contribution in [2.45, 2.75) is 0 Å². The summed E-state index contributed by atoms with van der Waals surface area (Å²) in [5.74, 6) is 2.37. The summed E-state index contributed by atoms with van der Waals surface area (Å²) in [5.41, 5.74) is 2.27. The molecule has 0 radical (unpaired) electrons. The highest BCUT2D eigenvalue weighted by Crippen LogP contribution is 2.39. The maximum atomic E-state index is 9.61. The van der Waals surface area contributed by atoms with Gasteiger partial charge < -0.3 is 18.6 Å². The lowest BCUT2D eigenvalue weighted by atomic mass is 10.1. The number of methoxy groups -OCH3 is 3. The minimum absolute atomic E-state index is 0.516. The number of hydrogen-bond donors (Lipinski definition) is 0. The summed E-state index contributed by atoms with van der Waals surface area (Å²) < 4.78 is 21.5. The van der Waals surface area contributed by atoms with Gasteiger partial charge in [0.25, 0.3) is 0 Å². The Labute approximate surface area is 155 Å². The molecule has 0 amide bonds. The number of rotatable bonds is 6. The minimum atomic E-state index is 0.516. The van der Waals surface area contributed by atoms with E-state index in [4.69, 9.17) is 18.6 Å². The van der Waals surface area contributed by atoms with Crippen molar-refractivity contribution in [3.05, 3.63) is 52.4 Å². The summed E-state index contributed by atoms with van der Waals surface area (Å²) in [6, 6.07) is 11.5. The van der Waals surface area contributed by atoms with E-state index in [1.165, 1.54) is 11.3 Å². The van der Waals surface area contributed by atoms with Crippen molar-refractivity contribution in [2.75, 3.05) is 21.3 Å². The van der Waals surface area contributed by atoms with E-state index in [1.54, 1.807) is 45.8 Å². The van der Waals surface area contributed by atoms with E-state index >= 15 is 0 Å². The SMILES string of the molecule is COc1cc(/C=C(\C#N)c2cc(-c3ccco3)cs2)cc(OC)c1OC. The second-order valence-electron chi connectivity index (χ2n) is 5.31. The number of furan rings is 1. The normalized spacial score (nSPS) is 11.1. The standard InChI is InChI=1S/C20H17NO4S/c1-22-17-8-13(9-18(23-2)20(17)24-3)7-14(11-21)19-10-15(12-26-19)16-5-4-6-25-16/h4-10,12H,1-3H3/b14-7+. The molecule has 3 rings (SSSR count). The van der Waals surface area contributed by atoms with Crippen LogP contribution < -0.4 is 14.2 Å². The van der Waals surface area contributed by atoms with Crippen molar-refractivity contribution in [2.24, 2.45) is 0 Å². The zero-order valence-electron chi connectivity index (χ0n) is 14.6. The lowest BCUT2D eigenvalue weighted by Gasteiger charge is -2.13. The van der Waals surface area contributed by atoms with Crippen LogP contribution in [0.5, 0.6) is 17.2 Å². The molecular weight excluding hydrogens is 350 g/mol. The fraction of sp³-hybridized carbons (Fsp3) is 0.150. The molecule has 132 valence electrons. The first-order chi connectivity index (χ1) is 12.7. The van der Waals surface area contributed by atoms with E-state index in [0.29, 0.717) is 22.8 Å². The topological polar surface area (TPSA) is 64.6 Å². The average molecular weight is 367 g/mol. The maximum absolute atomic E-state index is 9.61. The van der Waals surface area contributed by atoms with Crippen LogP contribution in [0.4, 0.5) is 0 Å². The molecule has 6 heteroatoms. The fourth-order valence-corrected chi connectivity index (χ4v) is 3.42. The van der Waals surface area contributed by atoms with Crippen LogP contribution >= 0.6 is 11.3 Å². The monoisotopic (exact) mass is 367 g/mol. The van der Waals surface area contributed by atoms with Crippen molar-refractivity contribution in [3.63, 3.8) is 0 Å². The van der Waals surface area contributed by atoms with Gasteiger partial charge in [0.05, 0.1) is 33.2 Å². The van der Waals surface area contributed by atoms with E-state index < -0.39 is 0 Å². The zero-order valence-corrected chi connectivity index (χ0v) is 15.4. The van der Waals surface area contributed by atoms with Crippen LogP contribution in [0.1, 0.15) is 10.4 Å². The van der Waals surface area contributed by atoms with Gasteiger partial charge in [-0.15, -0.1) is 11.3 Å². The Balaban J connectivity index is 2.01. The first-order valence-corrected chi connectivity index (χ1v) is 8.62. The molecule has 0 spiro atoms. The highest BCUT2D eigenvalue weighted by molar-refractivity contribution is 7.11. The number of ether oxygens (including phenoxy) is 3. The van der Waals surface area contributed by atoms with Gasteiger partial charge in [-0.3, -0.25) is 0 Å². The lowest BCUT2D eigenvalue weighted by Crippen LogP contribution is -1.95. The molecule has 0 saturated carbocycles. The summed E-state index contributed by atoms with van der Waals surface area (Å²) in [6.45, 7) is 0. The van der Waals surface area contributed by atoms with Gasteiger partial charge in [-0.1, -0.05) is 0 Å². The second-order valence-corrected chi connectivity index (χ2v) is 6.22. The predicted molar refractivity (Wildman–Crippen MR) is 102 cm³/mol. The molecule has 0 N–H and O–H groups in total. The number of nitriles is 1. The number of benzene rings is 1. The first kappa shape index (κ1) is 17.6. The first-order valence-electron chi connectivity index (χ1n) is 7.74. The van der Waals surface area contributed by atoms with E-state index in [2.05, 4.69) is 6.07 Å². The van der Waals surface area contributed by atoms with Crippen LogP contribution in [-0.4, -0.2) is 21.3 Å². The molecule has 1 aromatic carbocycles. The van der Waals surface area contributed by atoms with Crippen molar-refractivity contribution in [1.29, 1.82) is 5.26 Å². The van der Waals surface area contributed by atoms with Gasteiger partial charge in [0.2, 0.25) is 5.75 Å². The van der Waals surface area contributed by atoms with E-state index in [9.17, 15) is 5.26 Å². The summed E-state index contributed by atoms with van der Waals surface area (Å²) in [5, 5.41) is 11.6. The van der Waals surface area contributed by atoms with Crippen LogP contribution in [-0.2, 0) is 0 Å². The van der Waals surface area contributed by atoms with Crippen LogP contribution in [0.15, 0.2) is 46.4 Å². The highest BCUT2D eigenvalue weighted by atomic mass is 32.1. The molecule has 3 aromatic rings. The van der Waals surface area contributed by atoms with Gasteiger partial charge in [0.1, 0.15) is 11.8 Å². The second kappa shape index (κ2) is 7.81.